The fraction of sp³-hybridized carbons (Fsp3) is 0.172. The molecule has 0 fully saturated rings. The molecule has 4 heteroatoms. The molecule has 1 aliphatic rings. The van der Waals surface area contributed by atoms with Gasteiger partial charge in [-0.1, -0.05) is 173 Å². The summed E-state index contributed by atoms with van der Waals surface area (Å²) < 4.78 is 5.05. The largest absolute Gasteiger partial charge is 0.309 e. The highest BCUT2D eigenvalue weighted by molar-refractivity contribution is 6.89. The Balaban J connectivity index is 1.17. The SMILES string of the molecule is CC1c2cc3c4cc(-c5cccc([Si](C)(C)C)c5)ccc4n(-c4ccccc4)c3cc2-c2ccc3c4cc(-c5cccc([Si](C)(C)C)c5)ccc4n(-c4ccccc4)c3c2C1C. The molecule has 2 unspecified atom stereocenters. The Morgan fingerprint density at radius 1 is 0.371 bits per heavy atom. The average molecular weight is 835 g/mol. The Hall–Kier alpha value is -6.21. The van der Waals surface area contributed by atoms with Gasteiger partial charge in [0.25, 0.3) is 0 Å². The minimum atomic E-state index is -1.47. The second-order valence-corrected chi connectivity index (χ2v) is 30.1. The molecule has 62 heavy (non-hydrogen) atoms. The number of hydrogen-bond donors (Lipinski definition) is 0. The summed E-state index contributed by atoms with van der Waals surface area (Å²) in [6.45, 7) is 19.5. The maximum atomic E-state index is 2.55. The molecule has 2 heterocycles. The van der Waals surface area contributed by atoms with E-state index in [4.69, 9.17) is 0 Å². The van der Waals surface area contributed by atoms with Crippen molar-refractivity contribution in [1.29, 1.82) is 0 Å². The number of nitrogens with zero attached hydrogens (tertiary/aromatic N) is 2. The summed E-state index contributed by atoms with van der Waals surface area (Å²) in [7, 11) is -2.95. The van der Waals surface area contributed by atoms with Crippen molar-refractivity contribution in [2.24, 2.45) is 0 Å². The van der Waals surface area contributed by atoms with Crippen LogP contribution < -0.4 is 10.4 Å². The molecule has 10 aromatic rings. The highest BCUT2D eigenvalue weighted by Gasteiger charge is 2.33. The Bertz CT molecular complexity index is 3320. The molecule has 0 bridgehead atoms. The van der Waals surface area contributed by atoms with Crippen molar-refractivity contribution in [2.75, 3.05) is 0 Å². The third-order valence-electron chi connectivity index (χ3n) is 14.0. The van der Waals surface area contributed by atoms with Crippen LogP contribution >= 0.6 is 0 Å². The average Bonchev–Trinajstić information content (AvgIpc) is 3.79. The van der Waals surface area contributed by atoms with Gasteiger partial charge < -0.3 is 9.13 Å². The van der Waals surface area contributed by atoms with Crippen LogP contribution in [-0.4, -0.2) is 25.3 Å². The quantitative estimate of drug-likeness (QED) is 0.148. The first-order valence-electron chi connectivity index (χ1n) is 22.4. The Labute approximate surface area is 368 Å². The normalized spacial score (nSPS) is 15.4. The molecule has 0 saturated carbocycles. The monoisotopic (exact) mass is 834 g/mol. The van der Waals surface area contributed by atoms with Crippen molar-refractivity contribution in [1.82, 2.24) is 9.13 Å². The first kappa shape index (κ1) is 38.7. The van der Waals surface area contributed by atoms with E-state index in [1.807, 2.05) is 0 Å². The molecule has 8 aromatic carbocycles. The van der Waals surface area contributed by atoms with Crippen LogP contribution in [0.15, 0.2) is 170 Å². The van der Waals surface area contributed by atoms with Gasteiger partial charge in [0.15, 0.2) is 0 Å². The second-order valence-electron chi connectivity index (χ2n) is 19.9. The van der Waals surface area contributed by atoms with E-state index in [2.05, 4.69) is 232 Å². The first-order chi connectivity index (χ1) is 29.8. The topological polar surface area (TPSA) is 9.86 Å². The van der Waals surface area contributed by atoms with Crippen LogP contribution in [0.4, 0.5) is 0 Å². The molecule has 1 aliphatic carbocycles. The zero-order valence-corrected chi connectivity index (χ0v) is 39.2. The highest BCUT2D eigenvalue weighted by atomic mass is 28.3. The van der Waals surface area contributed by atoms with E-state index in [0.717, 1.165) is 0 Å². The summed E-state index contributed by atoms with van der Waals surface area (Å²) in [5, 5.41) is 8.23. The number of rotatable bonds is 6. The van der Waals surface area contributed by atoms with Crippen LogP contribution in [0.2, 0.25) is 39.3 Å². The van der Waals surface area contributed by atoms with E-state index < -0.39 is 16.1 Å². The van der Waals surface area contributed by atoms with Crippen LogP contribution in [-0.2, 0) is 0 Å². The van der Waals surface area contributed by atoms with Gasteiger partial charge in [0, 0.05) is 32.9 Å². The molecule has 0 aliphatic heterocycles. The minimum absolute atomic E-state index is 0.292. The molecule has 2 nitrogen and oxygen atoms in total. The molecule has 2 aromatic heterocycles. The van der Waals surface area contributed by atoms with Crippen LogP contribution in [0.3, 0.4) is 0 Å². The molecule has 0 N–H and O–H groups in total. The van der Waals surface area contributed by atoms with Gasteiger partial charge in [-0.2, -0.15) is 0 Å². The predicted octanol–water partition coefficient (Wildman–Crippen LogP) is 15.2. The van der Waals surface area contributed by atoms with E-state index >= 15 is 0 Å². The van der Waals surface area contributed by atoms with E-state index in [0.29, 0.717) is 11.8 Å². The molecular formula is C58H54N2Si2. The number of fused-ring (bicyclic) bond motifs is 10. The third kappa shape index (κ3) is 6.10. The van der Waals surface area contributed by atoms with Gasteiger partial charge in [-0.15, -0.1) is 0 Å². The molecule has 0 amide bonds. The molecule has 0 spiro atoms. The minimum Gasteiger partial charge on any atom is -0.309 e. The molecule has 11 rings (SSSR count). The van der Waals surface area contributed by atoms with E-state index in [1.54, 1.807) is 0 Å². The van der Waals surface area contributed by atoms with Crippen molar-refractivity contribution in [3.8, 4) is 44.8 Å². The van der Waals surface area contributed by atoms with Gasteiger partial charge in [0.2, 0.25) is 0 Å². The Morgan fingerprint density at radius 2 is 0.871 bits per heavy atom. The highest BCUT2D eigenvalue weighted by Crippen LogP contribution is 2.53. The maximum absolute atomic E-state index is 2.55. The summed E-state index contributed by atoms with van der Waals surface area (Å²) in [5.74, 6) is 0.599. The number of para-hydroxylation sites is 2. The molecular weight excluding hydrogens is 781 g/mol. The van der Waals surface area contributed by atoms with Gasteiger partial charge in [0.1, 0.15) is 0 Å². The van der Waals surface area contributed by atoms with Gasteiger partial charge >= 0.3 is 0 Å². The summed E-state index contributed by atoms with van der Waals surface area (Å²) in [6, 6.07) is 64.8. The van der Waals surface area contributed by atoms with Crippen molar-refractivity contribution in [3.05, 3.63) is 181 Å². The van der Waals surface area contributed by atoms with Crippen molar-refractivity contribution in [2.45, 2.75) is 65.0 Å². The summed E-state index contributed by atoms with van der Waals surface area (Å²) in [6.07, 6.45) is 0. The van der Waals surface area contributed by atoms with Crippen LogP contribution in [0.5, 0.6) is 0 Å². The molecule has 0 radical (unpaired) electrons. The summed E-state index contributed by atoms with van der Waals surface area (Å²) in [5.41, 5.74) is 18.2. The van der Waals surface area contributed by atoms with Crippen LogP contribution in [0, 0.1) is 0 Å². The summed E-state index contributed by atoms with van der Waals surface area (Å²) >= 11 is 0. The zero-order valence-electron chi connectivity index (χ0n) is 37.2. The van der Waals surface area contributed by atoms with Crippen LogP contribution in [0.25, 0.3) is 88.4 Å². The molecule has 2 atom stereocenters. The Kier molecular flexibility index (Phi) is 8.84. The standard InChI is InChI=1S/C58H54N2Si2/c1-37-38(2)57-47(27-28-48-51-33-41(39-17-15-23-45(31-39)61(3,4)5)26-30-55(51)60(58(48)57)44-21-13-10-14-22-44)50-36-56-53(35-49(37)50)52-34-42(40-18-16-24-46(32-40)62(6,7)8)25-29-54(52)59(56)43-19-11-9-12-20-43/h9-38H,1-8H3. The smallest absolute Gasteiger partial charge is 0.0776 e. The zero-order chi connectivity index (χ0) is 42.7. The van der Waals surface area contributed by atoms with E-state index in [-0.39, 0.29) is 0 Å². The van der Waals surface area contributed by atoms with Gasteiger partial charge in [0.05, 0.1) is 38.2 Å². The lowest BCUT2D eigenvalue weighted by Gasteiger charge is -2.33. The number of aromatic nitrogens is 2. The van der Waals surface area contributed by atoms with Gasteiger partial charge in [-0.05, 0) is 117 Å². The lowest BCUT2D eigenvalue weighted by atomic mass is 9.72. The molecule has 0 saturated heterocycles. The van der Waals surface area contributed by atoms with Crippen LogP contribution in [0.1, 0.15) is 36.8 Å². The first-order valence-corrected chi connectivity index (χ1v) is 29.4. The van der Waals surface area contributed by atoms with Crippen molar-refractivity contribution < 1.29 is 0 Å². The second kappa shape index (κ2) is 14.2. The van der Waals surface area contributed by atoms with Gasteiger partial charge in [-0.25, -0.2) is 0 Å². The lowest BCUT2D eigenvalue weighted by molar-refractivity contribution is 0.619. The van der Waals surface area contributed by atoms with Crippen molar-refractivity contribution in [3.63, 3.8) is 0 Å². The number of hydrogen-bond acceptors (Lipinski definition) is 0. The summed E-state index contributed by atoms with van der Waals surface area (Å²) in [4.78, 5) is 0. The molecule has 304 valence electrons. The number of benzene rings is 8. The fourth-order valence-corrected chi connectivity index (χ4v) is 12.8. The van der Waals surface area contributed by atoms with E-state index in [9.17, 15) is 0 Å². The third-order valence-corrected chi connectivity index (χ3v) is 18.1. The Morgan fingerprint density at radius 3 is 1.44 bits per heavy atom. The lowest BCUT2D eigenvalue weighted by Crippen LogP contribution is -2.37. The van der Waals surface area contributed by atoms with Crippen molar-refractivity contribution >= 4 is 70.1 Å². The van der Waals surface area contributed by atoms with Gasteiger partial charge in [-0.3, -0.25) is 0 Å². The fourth-order valence-electron chi connectivity index (χ4n) is 10.4. The maximum Gasteiger partial charge on any atom is 0.0776 e. The predicted molar refractivity (Wildman–Crippen MR) is 274 cm³/mol. The van der Waals surface area contributed by atoms with E-state index in [1.165, 1.54) is 110 Å².